The summed E-state index contributed by atoms with van der Waals surface area (Å²) in [4.78, 5) is 2.32. The van der Waals surface area contributed by atoms with Crippen LogP contribution in [0.15, 0.2) is 200 Å². The van der Waals surface area contributed by atoms with Crippen LogP contribution in [-0.2, 0) is 0 Å². The minimum absolute atomic E-state index is 0.823. The molecule has 0 bridgehead atoms. The first kappa shape index (κ1) is 29.5. The summed E-state index contributed by atoms with van der Waals surface area (Å²) in [7, 11) is 0. The molecule has 0 N–H and O–H groups in total. The molecule has 1 aliphatic heterocycles. The molecule has 236 valence electrons. The largest absolute Gasteiger partial charge is 0.456 e. The molecule has 0 aliphatic carbocycles. The SMILES string of the molecule is c1ccc(-c2ccc(N(c3cccc(-c4ccccc4)c3)c3ccc4c(c3)Oc3ccccc3-c3ccc(-c5ccccc5)cc3-4)cc2)cc1. The maximum atomic E-state index is 6.84. The van der Waals surface area contributed by atoms with Gasteiger partial charge in [0, 0.05) is 34.3 Å². The normalized spacial score (nSPS) is 11.4. The van der Waals surface area contributed by atoms with Gasteiger partial charge in [0.2, 0.25) is 0 Å². The molecule has 0 aromatic heterocycles. The third kappa shape index (κ3) is 5.53. The smallest absolute Gasteiger partial charge is 0.137 e. The first-order valence-corrected chi connectivity index (χ1v) is 17.0. The van der Waals surface area contributed by atoms with Crippen molar-refractivity contribution in [3.63, 3.8) is 0 Å². The number of hydrogen-bond donors (Lipinski definition) is 0. The zero-order valence-electron chi connectivity index (χ0n) is 27.4. The molecule has 2 heteroatoms. The van der Waals surface area contributed by atoms with E-state index in [1.807, 2.05) is 6.07 Å². The Kier molecular flexibility index (Phi) is 7.53. The van der Waals surface area contributed by atoms with Crippen molar-refractivity contribution in [3.05, 3.63) is 200 Å². The summed E-state index contributed by atoms with van der Waals surface area (Å²) >= 11 is 0. The van der Waals surface area contributed by atoms with Gasteiger partial charge < -0.3 is 9.64 Å². The minimum Gasteiger partial charge on any atom is -0.456 e. The molecular formula is C48H33NO. The number of fused-ring (bicyclic) bond motifs is 5. The maximum Gasteiger partial charge on any atom is 0.137 e. The summed E-state index contributed by atoms with van der Waals surface area (Å²) in [5.41, 5.74) is 14.7. The number of hydrogen-bond acceptors (Lipinski definition) is 2. The van der Waals surface area contributed by atoms with Crippen molar-refractivity contribution < 1.29 is 4.74 Å². The Morgan fingerprint density at radius 1 is 0.260 bits per heavy atom. The highest BCUT2D eigenvalue weighted by Crippen LogP contribution is 2.50. The van der Waals surface area contributed by atoms with Crippen LogP contribution in [0, 0.1) is 0 Å². The van der Waals surface area contributed by atoms with Gasteiger partial charge in [-0.3, -0.25) is 0 Å². The average Bonchev–Trinajstić information content (AvgIpc) is 3.33. The van der Waals surface area contributed by atoms with Gasteiger partial charge in [0.1, 0.15) is 11.5 Å². The van der Waals surface area contributed by atoms with Gasteiger partial charge in [-0.15, -0.1) is 0 Å². The van der Waals surface area contributed by atoms with Crippen LogP contribution in [0.2, 0.25) is 0 Å². The van der Waals surface area contributed by atoms with E-state index in [2.05, 4.69) is 199 Å². The van der Waals surface area contributed by atoms with Crippen molar-refractivity contribution in [1.82, 2.24) is 0 Å². The quantitative estimate of drug-likeness (QED) is 0.179. The van der Waals surface area contributed by atoms with Crippen molar-refractivity contribution in [2.24, 2.45) is 0 Å². The standard InChI is InChI=1S/C48H33NO/c1-4-13-34(14-5-1)37-23-26-40(27-24-37)49(41-20-12-19-38(31-41)35-15-6-2-7-16-35)42-28-30-45-46-32-39(36-17-8-3-9-18-36)25-29-43(46)44-21-10-11-22-47(44)50-48(45)33-42/h1-33H. The average molecular weight is 640 g/mol. The van der Waals surface area contributed by atoms with E-state index < -0.39 is 0 Å². The molecule has 50 heavy (non-hydrogen) atoms. The highest BCUT2D eigenvalue weighted by atomic mass is 16.5. The summed E-state index contributed by atoms with van der Waals surface area (Å²) < 4.78 is 6.84. The molecule has 0 atom stereocenters. The van der Waals surface area contributed by atoms with Crippen LogP contribution in [-0.4, -0.2) is 0 Å². The maximum absolute atomic E-state index is 6.84. The van der Waals surface area contributed by atoms with Crippen LogP contribution in [0.25, 0.3) is 55.6 Å². The van der Waals surface area contributed by atoms with Crippen LogP contribution >= 0.6 is 0 Å². The van der Waals surface area contributed by atoms with Gasteiger partial charge in [0.25, 0.3) is 0 Å². The van der Waals surface area contributed by atoms with E-state index in [-0.39, 0.29) is 0 Å². The number of benzene rings is 8. The lowest BCUT2D eigenvalue weighted by Gasteiger charge is -2.27. The van der Waals surface area contributed by atoms with Gasteiger partial charge in [0.05, 0.1) is 0 Å². The van der Waals surface area contributed by atoms with E-state index in [1.54, 1.807) is 0 Å². The molecule has 0 fully saturated rings. The Balaban J connectivity index is 1.21. The third-order valence-corrected chi connectivity index (χ3v) is 9.48. The lowest BCUT2D eigenvalue weighted by atomic mass is 9.91. The minimum atomic E-state index is 0.823. The number of anilines is 3. The number of ether oxygens (including phenoxy) is 1. The Morgan fingerprint density at radius 3 is 1.44 bits per heavy atom. The van der Waals surface area contributed by atoms with E-state index in [0.29, 0.717) is 0 Å². The molecule has 0 radical (unpaired) electrons. The highest BCUT2D eigenvalue weighted by molar-refractivity contribution is 5.94. The summed E-state index contributed by atoms with van der Waals surface area (Å²) in [5, 5.41) is 0. The van der Waals surface area contributed by atoms with Crippen molar-refractivity contribution in [1.29, 1.82) is 0 Å². The highest BCUT2D eigenvalue weighted by Gasteiger charge is 2.23. The van der Waals surface area contributed by atoms with Gasteiger partial charge in [-0.2, -0.15) is 0 Å². The van der Waals surface area contributed by atoms with Gasteiger partial charge >= 0.3 is 0 Å². The van der Waals surface area contributed by atoms with E-state index in [1.165, 1.54) is 27.8 Å². The second-order valence-corrected chi connectivity index (χ2v) is 12.6. The fraction of sp³-hybridized carbons (Fsp3) is 0. The van der Waals surface area contributed by atoms with Crippen molar-refractivity contribution in [3.8, 4) is 67.1 Å². The topological polar surface area (TPSA) is 12.5 Å². The Morgan fingerprint density at radius 2 is 0.740 bits per heavy atom. The predicted octanol–water partition coefficient (Wildman–Crippen LogP) is 13.6. The molecular weight excluding hydrogens is 607 g/mol. The van der Waals surface area contributed by atoms with Crippen molar-refractivity contribution >= 4 is 17.1 Å². The molecule has 0 saturated heterocycles. The van der Waals surface area contributed by atoms with E-state index in [4.69, 9.17) is 4.74 Å². The first-order valence-electron chi connectivity index (χ1n) is 17.0. The number of rotatable bonds is 6. The summed E-state index contributed by atoms with van der Waals surface area (Å²) in [6.07, 6.45) is 0. The first-order chi connectivity index (χ1) is 24.8. The Labute approximate surface area is 293 Å². The van der Waals surface area contributed by atoms with E-state index >= 15 is 0 Å². The zero-order chi connectivity index (χ0) is 33.3. The molecule has 0 spiro atoms. The van der Waals surface area contributed by atoms with Crippen LogP contribution in [0.4, 0.5) is 17.1 Å². The molecule has 0 unspecified atom stereocenters. The summed E-state index contributed by atoms with van der Waals surface area (Å²) in [5.74, 6) is 1.67. The Bertz CT molecular complexity index is 2430. The van der Waals surface area contributed by atoms with Crippen molar-refractivity contribution in [2.45, 2.75) is 0 Å². The van der Waals surface area contributed by atoms with Crippen LogP contribution in [0.5, 0.6) is 11.5 Å². The molecule has 8 aromatic carbocycles. The summed E-state index contributed by atoms with van der Waals surface area (Å²) in [6, 6.07) is 71.0. The van der Waals surface area contributed by atoms with Gasteiger partial charge in [0.15, 0.2) is 0 Å². The lowest BCUT2D eigenvalue weighted by Crippen LogP contribution is -2.10. The molecule has 1 heterocycles. The number of nitrogens with zero attached hydrogens (tertiary/aromatic N) is 1. The van der Waals surface area contributed by atoms with Crippen molar-refractivity contribution in [2.75, 3.05) is 4.90 Å². The second-order valence-electron chi connectivity index (χ2n) is 12.6. The summed E-state index contributed by atoms with van der Waals surface area (Å²) in [6.45, 7) is 0. The van der Waals surface area contributed by atoms with Crippen LogP contribution in [0.3, 0.4) is 0 Å². The predicted molar refractivity (Wildman–Crippen MR) is 208 cm³/mol. The van der Waals surface area contributed by atoms with Gasteiger partial charge in [-0.1, -0.05) is 146 Å². The Hall–Kier alpha value is -6.64. The van der Waals surface area contributed by atoms with E-state index in [9.17, 15) is 0 Å². The fourth-order valence-electron chi connectivity index (χ4n) is 7.00. The number of para-hydroxylation sites is 1. The molecule has 1 aliphatic rings. The van der Waals surface area contributed by atoms with Gasteiger partial charge in [-0.25, -0.2) is 0 Å². The third-order valence-electron chi connectivity index (χ3n) is 9.48. The van der Waals surface area contributed by atoms with Crippen LogP contribution in [0.1, 0.15) is 0 Å². The van der Waals surface area contributed by atoms with Crippen LogP contribution < -0.4 is 9.64 Å². The molecule has 2 nitrogen and oxygen atoms in total. The molecule has 9 rings (SSSR count). The molecule has 0 amide bonds. The fourth-order valence-corrected chi connectivity index (χ4v) is 7.00. The monoisotopic (exact) mass is 639 g/mol. The zero-order valence-corrected chi connectivity index (χ0v) is 27.4. The lowest BCUT2D eigenvalue weighted by molar-refractivity contribution is 0.488. The van der Waals surface area contributed by atoms with Gasteiger partial charge in [-0.05, 0) is 93.0 Å². The van der Waals surface area contributed by atoms with E-state index in [0.717, 1.165) is 56.4 Å². The molecule has 0 saturated carbocycles. The molecule has 8 aromatic rings. The second kappa shape index (κ2) is 12.8.